The molecule has 1 saturated heterocycles. The van der Waals surface area contributed by atoms with Gasteiger partial charge in [0, 0.05) is 19.6 Å². The number of β-amino-alcohol motifs (C(OH)–C–C–N with tert-alkyl or cyclic N) is 1. The average molecular weight is 353 g/mol. The summed E-state index contributed by atoms with van der Waals surface area (Å²) >= 11 is 0. The lowest BCUT2D eigenvalue weighted by molar-refractivity contribution is 0.206. The molecule has 1 rings (SSSR count). The van der Waals surface area contributed by atoms with Crippen molar-refractivity contribution < 1.29 is 5.11 Å². The Morgan fingerprint density at radius 3 is 1.88 bits per heavy atom. The smallest absolute Gasteiger partial charge is 0.0703 e. The van der Waals surface area contributed by atoms with Crippen molar-refractivity contribution in [3.8, 4) is 0 Å². The fraction of sp³-hybridized carbons (Fsp3) is 0.909. The molecule has 0 aromatic heterocycles. The minimum atomic E-state index is 0.274. The molecule has 148 valence electrons. The van der Waals surface area contributed by atoms with Gasteiger partial charge in [-0.1, -0.05) is 90.0 Å². The highest BCUT2D eigenvalue weighted by atomic mass is 16.3. The van der Waals surface area contributed by atoms with Crippen LogP contribution in [-0.4, -0.2) is 47.8 Å². The summed E-state index contributed by atoms with van der Waals surface area (Å²) in [6.07, 6.45) is 24.3. The second-order valence-electron chi connectivity index (χ2n) is 7.71. The van der Waals surface area contributed by atoms with Gasteiger partial charge in [-0.3, -0.25) is 4.90 Å². The monoisotopic (exact) mass is 352 g/mol. The summed E-state index contributed by atoms with van der Waals surface area (Å²) in [7, 11) is 0. The Bertz CT molecular complexity index is 306. The number of hydrogen-bond donors (Lipinski definition) is 1. The van der Waals surface area contributed by atoms with E-state index in [9.17, 15) is 0 Å². The van der Waals surface area contributed by atoms with Gasteiger partial charge in [-0.05, 0) is 19.0 Å². The first-order valence-corrected chi connectivity index (χ1v) is 11.1. The largest absolute Gasteiger partial charge is 0.395 e. The molecule has 0 aliphatic carbocycles. The third-order valence-corrected chi connectivity index (χ3v) is 5.29. The molecule has 0 aromatic carbocycles. The highest BCUT2D eigenvalue weighted by molar-refractivity contribution is 4.86. The van der Waals surface area contributed by atoms with Gasteiger partial charge in [0.2, 0.25) is 0 Å². The molecule has 0 spiro atoms. The number of aliphatic hydroxyl groups excluding tert-OH is 1. The highest BCUT2D eigenvalue weighted by Crippen LogP contribution is 2.13. The van der Waals surface area contributed by atoms with E-state index in [1.807, 2.05) is 0 Å². The maximum absolute atomic E-state index is 8.95. The Morgan fingerprint density at radius 2 is 1.32 bits per heavy atom. The first-order chi connectivity index (χ1) is 12.4. The Hall–Kier alpha value is -0.540. The molecule has 0 atom stereocenters. The summed E-state index contributed by atoms with van der Waals surface area (Å²) in [5.74, 6) is 0. The zero-order valence-electron chi connectivity index (χ0n) is 16.9. The van der Waals surface area contributed by atoms with Crippen molar-refractivity contribution in [2.75, 3.05) is 32.9 Å². The molecule has 0 saturated carbocycles. The first kappa shape index (κ1) is 22.5. The Labute approximate surface area is 157 Å². The molecule has 3 heteroatoms. The zero-order valence-corrected chi connectivity index (χ0v) is 16.9. The molecular formula is C22H44N2O. The molecule has 1 heterocycles. The van der Waals surface area contributed by atoms with Crippen LogP contribution >= 0.6 is 0 Å². The molecular weight excluding hydrogens is 308 g/mol. The highest BCUT2D eigenvalue weighted by Gasteiger charge is 2.15. The topological polar surface area (TPSA) is 26.7 Å². The number of allylic oxidation sites excluding steroid dienone is 1. The molecule has 1 aliphatic heterocycles. The Balaban J connectivity index is 1.77. The molecule has 1 fully saturated rings. The van der Waals surface area contributed by atoms with Crippen molar-refractivity contribution in [3.05, 3.63) is 12.3 Å². The maximum atomic E-state index is 8.95. The zero-order chi connectivity index (χ0) is 18.0. The molecule has 1 N–H and O–H groups in total. The van der Waals surface area contributed by atoms with Crippen LogP contribution in [0.15, 0.2) is 12.3 Å². The van der Waals surface area contributed by atoms with Gasteiger partial charge < -0.3 is 10.0 Å². The van der Waals surface area contributed by atoms with Gasteiger partial charge in [-0.2, -0.15) is 0 Å². The second-order valence-corrected chi connectivity index (χ2v) is 7.71. The molecule has 25 heavy (non-hydrogen) atoms. The molecule has 0 amide bonds. The molecule has 0 unspecified atom stereocenters. The van der Waals surface area contributed by atoms with Crippen LogP contribution in [0.4, 0.5) is 0 Å². The van der Waals surface area contributed by atoms with Gasteiger partial charge in [0.25, 0.3) is 0 Å². The number of hydrogen-bond acceptors (Lipinski definition) is 3. The maximum Gasteiger partial charge on any atom is 0.0703 e. The van der Waals surface area contributed by atoms with E-state index >= 15 is 0 Å². The van der Waals surface area contributed by atoms with Crippen molar-refractivity contribution in [1.29, 1.82) is 0 Å². The van der Waals surface area contributed by atoms with E-state index in [2.05, 4.69) is 29.0 Å². The van der Waals surface area contributed by atoms with Crippen LogP contribution in [0.5, 0.6) is 0 Å². The van der Waals surface area contributed by atoms with Crippen molar-refractivity contribution in [2.45, 2.75) is 96.8 Å². The SMILES string of the molecule is CCCCCCCCCCCCCCCC=CN1CCN(CCO)C1. The van der Waals surface area contributed by atoms with Crippen molar-refractivity contribution in [3.63, 3.8) is 0 Å². The predicted octanol–water partition coefficient (Wildman–Crippen LogP) is 5.55. The lowest BCUT2D eigenvalue weighted by Crippen LogP contribution is -2.25. The second kappa shape index (κ2) is 16.9. The van der Waals surface area contributed by atoms with E-state index in [1.54, 1.807) is 0 Å². The van der Waals surface area contributed by atoms with E-state index in [4.69, 9.17) is 5.11 Å². The van der Waals surface area contributed by atoms with Crippen LogP contribution in [-0.2, 0) is 0 Å². The fourth-order valence-electron chi connectivity index (χ4n) is 3.62. The van der Waals surface area contributed by atoms with E-state index < -0.39 is 0 Å². The average Bonchev–Trinajstić information content (AvgIpc) is 3.06. The summed E-state index contributed by atoms with van der Waals surface area (Å²) in [5, 5.41) is 8.95. The molecule has 0 bridgehead atoms. The van der Waals surface area contributed by atoms with Crippen LogP contribution in [0, 0.1) is 0 Å². The van der Waals surface area contributed by atoms with Crippen molar-refractivity contribution in [1.82, 2.24) is 9.80 Å². The number of aliphatic hydroxyl groups is 1. The summed E-state index contributed by atoms with van der Waals surface area (Å²) in [6.45, 7) is 6.55. The van der Waals surface area contributed by atoms with Crippen molar-refractivity contribution >= 4 is 0 Å². The normalized spacial score (nSPS) is 15.7. The summed E-state index contributed by atoms with van der Waals surface area (Å²) in [4.78, 5) is 4.66. The quantitative estimate of drug-likeness (QED) is 0.348. The van der Waals surface area contributed by atoms with Gasteiger partial charge >= 0.3 is 0 Å². The van der Waals surface area contributed by atoms with Gasteiger partial charge in [0.1, 0.15) is 0 Å². The minimum absolute atomic E-state index is 0.274. The molecule has 0 radical (unpaired) electrons. The van der Waals surface area contributed by atoms with Gasteiger partial charge in [-0.15, -0.1) is 0 Å². The summed E-state index contributed by atoms with van der Waals surface area (Å²) in [5.41, 5.74) is 0. The van der Waals surface area contributed by atoms with E-state index in [-0.39, 0.29) is 6.61 Å². The van der Waals surface area contributed by atoms with Crippen LogP contribution in [0.1, 0.15) is 96.8 Å². The van der Waals surface area contributed by atoms with Crippen molar-refractivity contribution in [2.24, 2.45) is 0 Å². The third kappa shape index (κ3) is 13.3. The third-order valence-electron chi connectivity index (χ3n) is 5.29. The predicted molar refractivity (Wildman–Crippen MR) is 110 cm³/mol. The number of unbranched alkanes of at least 4 members (excludes halogenated alkanes) is 13. The summed E-state index contributed by atoms with van der Waals surface area (Å²) < 4.78 is 0. The van der Waals surface area contributed by atoms with E-state index in [1.165, 1.54) is 89.9 Å². The number of rotatable bonds is 17. The van der Waals surface area contributed by atoms with E-state index in [0.717, 1.165) is 26.3 Å². The fourth-order valence-corrected chi connectivity index (χ4v) is 3.62. The first-order valence-electron chi connectivity index (χ1n) is 11.1. The van der Waals surface area contributed by atoms with Crippen LogP contribution in [0.3, 0.4) is 0 Å². The standard InChI is InChI=1S/C22H44N2O/c1-2-3-4-5-6-7-8-9-10-11-12-13-14-15-16-17-23-18-19-24(22-23)20-21-25/h16-17,25H,2-15,18-22H2,1H3. The van der Waals surface area contributed by atoms with Gasteiger partial charge in [0.05, 0.1) is 13.3 Å². The minimum Gasteiger partial charge on any atom is -0.395 e. The summed E-state index contributed by atoms with van der Waals surface area (Å²) in [6, 6.07) is 0. The van der Waals surface area contributed by atoms with Gasteiger partial charge in [0.15, 0.2) is 0 Å². The Kier molecular flexibility index (Phi) is 15.2. The van der Waals surface area contributed by atoms with Gasteiger partial charge in [-0.25, -0.2) is 0 Å². The molecule has 1 aliphatic rings. The van der Waals surface area contributed by atoms with Crippen LogP contribution < -0.4 is 0 Å². The Morgan fingerprint density at radius 1 is 0.760 bits per heavy atom. The molecule has 3 nitrogen and oxygen atoms in total. The number of nitrogens with zero attached hydrogens (tertiary/aromatic N) is 2. The van der Waals surface area contributed by atoms with E-state index in [0.29, 0.717) is 0 Å². The lowest BCUT2D eigenvalue weighted by atomic mass is 10.0. The van der Waals surface area contributed by atoms with Crippen LogP contribution in [0.2, 0.25) is 0 Å². The lowest BCUT2D eigenvalue weighted by Gasteiger charge is -2.14. The van der Waals surface area contributed by atoms with Crippen LogP contribution in [0.25, 0.3) is 0 Å². The molecule has 0 aromatic rings.